The Bertz CT molecular complexity index is 1430. The van der Waals surface area contributed by atoms with Gasteiger partial charge in [-0.2, -0.15) is 0 Å². The molecule has 0 saturated heterocycles. The van der Waals surface area contributed by atoms with Crippen LogP contribution in [-0.4, -0.2) is 15.5 Å². The van der Waals surface area contributed by atoms with Crippen molar-refractivity contribution in [1.29, 1.82) is 0 Å². The van der Waals surface area contributed by atoms with Crippen LogP contribution in [0.4, 0.5) is 0 Å². The van der Waals surface area contributed by atoms with Crippen molar-refractivity contribution in [2.24, 2.45) is 0 Å². The van der Waals surface area contributed by atoms with Gasteiger partial charge in [-0.05, 0) is 48.5 Å². The third-order valence-corrected chi connectivity index (χ3v) is 9.54. The van der Waals surface area contributed by atoms with E-state index in [0.29, 0.717) is 15.5 Å². The lowest BCUT2D eigenvalue weighted by Gasteiger charge is -2.08. The minimum absolute atomic E-state index is 0.292. The van der Waals surface area contributed by atoms with Crippen LogP contribution in [0.2, 0.25) is 0 Å². The number of ether oxygens (including phenoxy) is 1. The molecule has 0 unspecified atom stereocenters. The molecule has 0 amide bonds. The molecule has 0 aliphatic rings. The van der Waals surface area contributed by atoms with Crippen LogP contribution >= 0.6 is 10.5 Å². The molecule has 0 aliphatic carbocycles. The Morgan fingerprint density at radius 3 is 1.87 bits per heavy atom. The molecule has 0 spiro atoms. The monoisotopic (exact) mass is 431 g/mol. The number of thiophene rings is 1. The fourth-order valence-corrected chi connectivity index (χ4v) is 8.17. The second kappa shape index (κ2) is 7.27. The molecule has 30 heavy (non-hydrogen) atoms. The highest BCUT2D eigenvalue weighted by Gasteiger charge is 2.32. The zero-order chi connectivity index (χ0) is 20.7. The minimum atomic E-state index is -3.69. The summed E-state index contributed by atoms with van der Waals surface area (Å²) in [5.41, 5.74) is 0. The van der Waals surface area contributed by atoms with Crippen LogP contribution in [0.15, 0.2) is 107 Å². The number of hydrogen-bond donors (Lipinski definition) is 0. The molecule has 1 heterocycles. The molecule has 148 valence electrons. The Morgan fingerprint density at radius 1 is 0.700 bits per heavy atom. The smallest absolute Gasteiger partial charge is 0.211 e. The van der Waals surface area contributed by atoms with E-state index in [-0.39, 0.29) is 0 Å². The molecule has 0 radical (unpaired) electrons. The molecule has 1 aromatic heterocycles. The van der Waals surface area contributed by atoms with Crippen LogP contribution in [0.3, 0.4) is 0 Å². The average molecular weight is 432 g/mol. The van der Waals surface area contributed by atoms with E-state index in [1.807, 2.05) is 36.4 Å². The fourth-order valence-electron chi connectivity index (χ4n) is 3.81. The van der Waals surface area contributed by atoms with E-state index in [4.69, 9.17) is 4.74 Å². The van der Waals surface area contributed by atoms with Crippen molar-refractivity contribution in [2.45, 2.75) is 9.79 Å². The van der Waals surface area contributed by atoms with E-state index in [2.05, 4.69) is 24.3 Å². The molecule has 4 aromatic carbocycles. The summed E-state index contributed by atoms with van der Waals surface area (Å²) in [5, 5.41) is 2.31. The Balaban J connectivity index is 1.91. The minimum Gasteiger partial charge on any atom is -0.497 e. The van der Waals surface area contributed by atoms with Gasteiger partial charge < -0.3 is 4.74 Å². The van der Waals surface area contributed by atoms with Crippen molar-refractivity contribution < 1.29 is 13.2 Å². The highest BCUT2D eigenvalue weighted by Crippen LogP contribution is 2.51. The standard InChI is InChI=1S/C25H19O3S2/c1-28-18-15-16-25(30(26,27)19-9-3-2-4-10-19)24(17-18)29-22-13-7-5-11-20(22)21-12-6-8-14-23(21)29/h2-17H,1H3/q+1. The van der Waals surface area contributed by atoms with Crippen molar-refractivity contribution in [3.8, 4) is 10.6 Å². The second-order valence-electron chi connectivity index (χ2n) is 6.93. The molecule has 0 saturated carbocycles. The molecule has 5 heteroatoms. The normalized spacial score (nSPS) is 11.8. The summed E-state index contributed by atoms with van der Waals surface area (Å²) in [6.45, 7) is 0. The highest BCUT2D eigenvalue weighted by atomic mass is 32.2. The van der Waals surface area contributed by atoms with Gasteiger partial charge in [-0.1, -0.05) is 42.5 Å². The number of fused-ring (bicyclic) bond motifs is 3. The van der Waals surface area contributed by atoms with Crippen LogP contribution in [-0.2, 0) is 9.84 Å². The van der Waals surface area contributed by atoms with E-state index in [9.17, 15) is 8.42 Å². The molecule has 0 aliphatic heterocycles. The molecular formula is C25H19O3S2+. The zero-order valence-electron chi connectivity index (χ0n) is 16.3. The Morgan fingerprint density at radius 2 is 1.27 bits per heavy atom. The number of sulfone groups is 1. The summed E-state index contributed by atoms with van der Waals surface area (Å²) in [6, 6.07) is 30.3. The third-order valence-electron chi connectivity index (χ3n) is 5.22. The van der Waals surface area contributed by atoms with Gasteiger partial charge in [-0.15, -0.1) is 0 Å². The van der Waals surface area contributed by atoms with Crippen LogP contribution in [0.5, 0.6) is 5.75 Å². The molecular weight excluding hydrogens is 412 g/mol. The lowest BCUT2D eigenvalue weighted by Crippen LogP contribution is -2.03. The maximum absolute atomic E-state index is 13.6. The van der Waals surface area contributed by atoms with Gasteiger partial charge in [0.15, 0.2) is 9.40 Å². The Labute approximate surface area is 178 Å². The number of rotatable bonds is 4. The number of methoxy groups -OCH3 is 1. The summed E-state index contributed by atoms with van der Waals surface area (Å²) in [6.07, 6.45) is 0. The van der Waals surface area contributed by atoms with Crippen molar-refractivity contribution in [1.82, 2.24) is 0 Å². The van der Waals surface area contributed by atoms with Crippen molar-refractivity contribution in [2.75, 3.05) is 7.11 Å². The lowest BCUT2D eigenvalue weighted by atomic mass is 10.2. The first kappa shape index (κ1) is 18.9. The average Bonchev–Trinajstić information content (AvgIpc) is 3.13. The predicted octanol–water partition coefficient (Wildman–Crippen LogP) is 6.57. The van der Waals surface area contributed by atoms with Crippen molar-refractivity contribution in [3.63, 3.8) is 0 Å². The van der Waals surface area contributed by atoms with Gasteiger partial charge in [0, 0.05) is 27.3 Å². The van der Waals surface area contributed by atoms with Crippen LogP contribution < -0.4 is 4.74 Å². The van der Waals surface area contributed by atoms with Gasteiger partial charge >= 0.3 is 0 Å². The molecule has 0 N–H and O–H groups in total. The SMILES string of the molecule is COc1ccc(S(=O)(=O)c2ccccc2)c(-[s+]2c3ccccc3c3ccccc32)c1. The topological polar surface area (TPSA) is 43.4 Å². The van der Waals surface area contributed by atoms with E-state index in [0.717, 1.165) is 25.1 Å². The van der Waals surface area contributed by atoms with Gasteiger partial charge in [0.2, 0.25) is 14.7 Å². The zero-order valence-corrected chi connectivity index (χ0v) is 17.9. The lowest BCUT2D eigenvalue weighted by molar-refractivity contribution is 0.415. The second-order valence-corrected chi connectivity index (χ2v) is 10.8. The van der Waals surface area contributed by atoms with Gasteiger partial charge in [0.1, 0.15) is 10.6 Å². The molecule has 3 nitrogen and oxygen atoms in total. The quantitative estimate of drug-likeness (QED) is 0.302. The van der Waals surface area contributed by atoms with Gasteiger partial charge in [-0.25, -0.2) is 8.42 Å². The summed E-state index contributed by atoms with van der Waals surface area (Å²) in [7, 11) is -2.63. The van der Waals surface area contributed by atoms with Crippen molar-refractivity contribution >= 4 is 40.5 Å². The van der Waals surface area contributed by atoms with Crippen molar-refractivity contribution in [3.05, 3.63) is 97.1 Å². The summed E-state index contributed by atoms with van der Waals surface area (Å²) < 4.78 is 34.9. The van der Waals surface area contributed by atoms with Gasteiger partial charge in [0.25, 0.3) is 0 Å². The van der Waals surface area contributed by atoms with Gasteiger partial charge in [-0.3, -0.25) is 0 Å². The molecule has 5 rings (SSSR count). The summed E-state index contributed by atoms with van der Waals surface area (Å²) in [5.74, 6) is 0.645. The van der Waals surface area contributed by atoms with Crippen LogP contribution in [0.25, 0.3) is 25.1 Å². The molecule has 0 fully saturated rings. The van der Waals surface area contributed by atoms with E-state index >= 15 is 0 Å². The number of hydrogen-bond acceptors (Lipinski definition) is 3. The molecule has 5 aromatic rings. The van der Waals surface area contributed by atoms with Crippen LogP contribution in [0.1, 0.15) is 0 Å². The van der Waals surface area contributed by atoms with E-state index in [1.54, 1.807) is 43.5 Å². The maximum Gasteiger partial charge on any atom is 0.211 e. The highest BCUT2D eigenvalue weighted by molar-refractivity contribution is 7.92. The predicted molar refractivity (Wildman–Crippen MR) is 124 cm³/mol. The maximum atomic E-state index is 13.6. The largest absolute Gasteiger partial charge is 0.497 e. The van der Waals surface area contributed by atoms with Gasteiger partial charge in [0.05, 0.1) is 12.0 Å². The molecule has 0 bridgehead atoms. The summed E-state index contributed by atoms with van der Waals surface area (Å²) >= 11 is 0. The fraction of sp³-hybridized carbons (Fsp3) is 0.0400. The summed E-state index contributed by atoms with van der Waals surface area (Å²) in [4.78, 5) is 1.38. The first-order chi connectivity index (χ1) is 14.6. The van der Waals surface area contributed by atoms with E-state index < -0.39 is 20.3 Å². The Kier molecular flexibility index (Phi) is 4.57. The molecule has 0 atom stereocenters. The third kappa shape index (κ3) is 2.90. The Hall–Kier alpha value is -3.15. The first-order valence-corrected chi connectivity index (χ1v) is 12.2. The van der Waals surface area contributed by atoms with Crippen LogP contribution in [0, 0.1) is 0 Å². The first-order valence-electron chi connectivity index (χ1n) is 9.52. The number of benzene rings is 4. The van der Waals surface area contributed by atoms with E-state index in [1.165, 1.54) is 0 Å².